The molecule has 2 heterocycles. The van der Waals surface area contributed by atoms with Gasteiger partial charge in [0, 0.05) is 20.1 Å². The van der Waals surface area contributed by atoms with Crippen LogP contribution in [0.4, 0.5) is 10.3 Å². The number of aromatic nitrogens is 2. The molecule has 9 nitrogen and oxygen atoms in total. The zero-order chi connectivity index (χ0) is 21.3. The molecule has 4 N–H and O–H groups in total. The Labute approximate surface area is 168 Å². The fourth-order valence-corrected chi connectivity index (χ4v) is 4.67. The summed E-state index contributed by atoms with van der Waals surface area (Å²) >= 11 is 0. The van der Waals surface area contributed by atoms with Gasteiger partial charge in [0.25, 0.3) is 11.5 Å². The number of carbonyl (C=O) groups excluding carboxylic acids is 1. The van der Waals surface area contributed by atoms with E-state index < -0.39 is 39.5 Å². The van der Waals surface area contributed by atoms with Crippen molar-refractivity contribution < 1.29 is 23.4 Å². The number of nitrogens with one attached hydrogen (secondary N) is 1. The van der Waals surface area contributed by atoms with Crippen LogP contribution >= 0.6 is 10.8 Å². The summed E-state index contributed by atoms with van der Waals surface area (Å²) in [5.41, 5.74) is -0.454. The molecule has 11 heteroatoms. The van der Waals surface area contributed by atoms with E-state index in [1.165, 1.54) is 17.4 Å². The van der Waals surface area contributed by atoms with Gasteiger partial charge in [0.2, 0.25) is 11.7 Å². The molecule has 1 aliphatic rings. The third-order valence-electron chi connectivity index (χ3n) is 4.75. The van der Waals surface area contributed by atoms with Crippen LogP contribution in [0.1, 0.15) is 34.5 Å². The number of benzene rings is 1. The molecular weight excluding hydrogens is 403 g/mol. The predicted octanol–water partition coefficient (Wildman–Crippen LogP) is 2.13. The third-order valence-corrected chi connectivity index (χ3v) is 6.64. The fourth-order valence-electron chi connectivity index (χ4n) is 3.01. The standard InChI is InChI=1S/C18H23FN4O5S/c1-11-5-6-12(9-13(11)19)10-20-16(25)14-15(24)17(26)22(2)18(21-14)23-7-3-4-8-29(23,27)28/h5-6,9,24,27-28H,3-4,7-8,10H2,1-2H3,(H,20,25). The Morgan fingerprint density at radius 1 is 1.34 bits per heavy atom. The highest BCUT2D eigenvalue weighted by atomic mass is 32.3. The number of rotatable bonds is 4. The molecule has 2 aromatic rings. The lowest BCUT2D eigenvalue weighted by molar-refractivity contribution is 0.0942. The molecule has 0 aliphatic carbocycles. The second-order valence-electron chi connectivity index (χ2n) is 6.88. The Balaban J connectivity index is 1.90. The van der Waals surface area contributed by atoms with Gasteiger partial charge in [-0.2, -0.15) is 0 Å². The maximum absolute atomic E-state index is 13.7. The fraction of sp³-hybridized carbons (Fsp3) is 0.389. The van der Waals surface area contributed by atoms with Crippen LogP contribution in [0.3, 0.4) is 0 Å². The van der Waals surface area contributed by atoms with E-state index in [1.54, 1.807) is 19.1 Å². The van der Waals surface area contributed by atoms with Crippen LogP contribution in [-0.4, -0.2) is 42.0 Å². The van der Waals surface area contributed by atoms with Crippen molar-refractivity contribution >= 4 is 22.6 Å². The average Bonchev–Trinajstić information content (AvgIpc) is 2.67. The van der Waals surface area contributed by atoms with Gasteiger partial charge < -0.3 is 10.4 Å². The van der Waals surface area contributed by atoms with E-state index in [4.69, 9.17) is 0 Å². The molecule has 1 fully saturated rings. The maximum Gasteiger partial charge on any atom is 0.297 e. The van der Waals surface area contributed by atoms with Crippen molar-refractivity contribution in [3.8, 4) is 5.75 Å². The average molecular weight is 426 g/mol. The number of amides is 1. The lowest BCUT2D eigenvalue weighted by atomic mass is 10.1. The Hall–Kier alpha value is -2.63. The Morgan fingerprint density at radius 2 is 2.07 bits per heavy atom. The van der Waals surface area contributed by atoms with Crippen molar-refractivity contribution in [1.82, 2.24) is 14.9 Å². The molecule has 0 unspecified atom stereocenters. The number of halogens is 1. The van der Waals surface area contributed by atoms with Gasteiger partial charge in [-0.3, -0.25) is 23.3 Å². The topological polar surface area (TPSA) is 128 Å². The van der Waals surface area contributed by atoms with E-state index in [1.807, 2.05) is 0 Å². The van der Waals surface area contributed by atoms with Crippen LogP contribution < -0.4 is 15.2 Å². The lowest BCUT2D eigenvalue weighted by Crippen LogP contribution is -2.39. The first-order valence-electron chi connectivity index (χ1n) is 8.98. The highest BCUT2D eigenvalue weighted by Gasteiger charge is 2.32. The second kappa shape index (κ2) is 8.01. The molecule has 1 aromatic carbocycles. The Morgan fingerprint density at radius 3 is 2.72 bits per heavy atom. The molecular formula is C18H23FN4O5S. The normalized spacial score (nSPS) is 17.1. The van der Waals surface area contributed by atoms with Crippen molar-refractivity contribution in [3.63, 3.8) is 0 Å². The van der Waals surface area contributed by atoms with Gasteiger partial charge >= 0.3 is 0 Å². The molecule has 158 valence electrons. The van der Waals surface area contributed by atoms with E-state index in [0.29, 0.717) is 24.0 Å². The van der Waals surface area contributed by atoms with E-state index in [0.717, 1.165) is 4.57 Å². The van der Waals surface area contributed by atoms with Gasteiger partial charge in [-0.15, -0.1) is 10.8 Å². The number of nitrogens with zero attached hydrogens (tertiary/aromatic N) is 3. The van der Waals surface area contributed by atoms with Crippen molar-refractivity contribution in [2.24, 2.45) is 7.05 Å². The number of carbonyl (C=O) groups is 1. The number of hydrogen-bond donors (Lipinski definition) is 4. The maximum atomic E-state index is 13.7. The van der Waals surface area contributed by atoms with Gasteiger partial charge in [-0.25, -0.2) is 13.7 Å². The first-order chi connectivity index (χ1) is 13.6. The van der Waals surface area contributed by atoms with Crippen molar-refractivity contribution in [2.75, 3.05) is 16.6 Å². The summed E-state index contributed by atoms with van der Waals surface area (Å²) in [6.45, 7) is 1.82. The molecule has 0 atom stereocenters. The summed E-state index contributed by atoms with van der Waals surface area (Å²) in [4.78, 5) is 29.0. The van der Waals surface area contributed by atoms with Gasteiger partial charge in [-0.05, 0) is 37.0 Å². The quantitative estimate of drug-likeness (QED) is 0.590. The summed E-state index contributed by atoms with van der Waals surface area (Å²) in [5, 5.41) is 12.6. The summed E-state index contributed by atoms with van der Waals surface area (Å²) < 4.78 is 36.5. The van der Waals surface area contributed by atoms with Crippen LogP contribution in [0, 0.1) is 12.7 Å². The third kappa shape index (κ3) is 4.21. The van der Waals surface area contributed by atoms with Crippen molar-refractivity contribution in [2.45, 2.75) is 26.3 Å². The molecule has 0 radical (unpaired) electrons. The molecule has 0 bridgehead atoms. The molecule has 29 heavy (non-hydrogen) atoms. The van der Waals surface area contributed by atoms with Crippen molar-refractivity contribution in [1.29, 1.82) is 0 Å². The highest BCUT2D eigenvalue weighted by molar-refractivity contribution is 8.25. The minimum absolute atomic E-state index is 0.0411. The Kier molecular flexibility index (Phi) is 5.82. The Bertz CT molecular complexity index is 1010. The summed E-state index contributed by atoms with van der Waals surface area (Å²) in [5.74, 6) is -2.08. The highest BCUT2D eigenvalue weighted by Crippen LogP contribution is 2.48. The predicted molar refractivity (Wildman–Crippen MR) is 108 cm³/mol. The number of anilines is 1. The molecule has 1 saturated heterocycles. The molecule has 0 saturated carbocycles. The van der Waals surface area contributed by atoms with Gasteiger partial charge in [0.1, 0.15) is 5.82 Å². The first-order valence-corrected chi connectivity index (χ1v) is 10.7. The van der Waals surface area contributed by atoms with Crippen LogP contribution in [-0.2, 0) is 13.6 Å². The van der Waals surface area contributed by atoms with Crippen LogP contribution in [0.5, 0.6) is 5.75 Å². The lowest BCUT2D eigenvalue weighted by Gasteiger charge is -2.46. The molecule has 1 amide bonds. The molecule has 1 aliphatic heterocycles. The van der Waals surface area contributed by atoms with Crippen LogP contribution in [0.25, 0.3) is 0 Å². The first kappa shape index (κ1) is 21.1. The minimum Gasteiger partial charge on any atom is -0.501 e. The minimum atomic E-state index is -3.18. The molecule has 0 spiro atoms. The number of aromatic hydroxyl groups is 1. The van der Waals surface area contributed by atoms with Crippen molar-refractivity contribution in [3.05, 3.63) is 51.2 Å². The number of hydrogen-bond acceptors (Lipinski definition) is 7. The number of aryl methyl sites for hydroxylation is 1. The summed E-state index contributed by atoms with van der Waals surface area (Å²) in [6, 6.07) is 4.50. The van der Waals surface area contributed by atoms with Gasteiger partial charge in [-0.1, -0.05) is 12.1 Å². The van der Waals surface area contributed by atoms with Gasteiger partial charge in [0.05, 0.1) is 5.75 Å². The van der Waals surface area contributed by atoms with E-state index >= 15 is 0 Å². The summed E-state index contributed by atoms with van der Waals surface area (Å²) in [6.07, 6.45) is 1.28. The van der Waals surface area contributed by atoms with Crippen LogP contribution in [0.2, 0.25) is 0 Å². The molecule has 3 rings (SSSR count). The van der Waals surface area contributed by atoms with E-state index in [9.17, 15) is 28.2 Å². The largest absolute Gasteiger partial charge is 0.501 e. The zero-order valence-corrected chi connectivity index (χ0v) is 16.9. The monoisotopic (exact) mass is 426 g/mol. The van der Waals surface area contributed by atoms with Gasteiger partial charge in [0.15, 0.2) is 5.69 Å². The smallest absolute Gasteiger partial charge is 0.297 e. The SMILES string of the molecule is Cc1ccc(CNC(=O)c2nc(N3CCCCS3(O)O)n(C)c(=O)c2O)cc1F. The van der Waals surface area contributed by atoms with E-state index in [-0.39, 0.29) is 24.8 Å². The zero-order valence-electron chi connectivity index (χ0n) is 16.1. The summed E-state index contributed by atoms with van der Waals surface area (Å²) in [7, 11) is -1.85. The second-order valence-corrected chi connectivity index (χ2v) is 9.00. The van der Waals surface area contributed by atoms with E-state index in [2.05, 4.69) is 10.3 Å². The molecule has 1 aromatic heterocycles. The van der Waals surface area contributed by atoms with Crippen LogP contribution in [0.15, 0.2) is 23.0 Å².